The number of aromatic nitrogens is 2. The maximum Gasteiger partial charge on any atom is 0.409 e. The van der Waals surface area contributed by atoms with E-state index in [1.807, 2.05) is 20.0 Å². The minimum absolute atomic E-state index is 0.237. The molecule has 1 fully saturated rings. The average molecular weight is 308 g/mol. The van der Waals surface area contributed by atoms with E-state index in [9.17, 15) is 4.79 Å². The number of carbonyl (C=O) groups excluding carboxylic acids is 1. The SMILES string of the molecule is CCOC(=O)N1CCC(NC(N)=NCc2ccnn2C)CC1. The van der Waals surface area contributed by atoms with Crippen LogP contribution in [0.25, 0.3) is 0 Å². The fourth-order valence-corrected chi connectivity index (χ4v) is 2.40. The molecular weight excluding hydrogens is 284 g/mol. The Morgan fingerprint density at radius 2 is 2.27 bits per heavy atom. The number of hydrogen-bond donors (Lipinski definition) is 2. The smallest absolute Gasteiger partial charge is 0.409 e. The highest BCUT2D eigenvalue weighted by Crippen LogP contribution is 2.11. The minimum atomic E-state index is -0.237. The molecule has 0 saturated carbocycles. The van der Waals surface area contributed by atoms with Gasteiger partial charge in [0.1, 0.15) is 0 Å². The van der Waals surface area contributed by atoms with Gasteiger partial charge in [0.25, 0.3) is 0 Å². The van der Waals surface area contributed by atoms with Gasteiger partial charge in [-0.2, -0.15) is 5.10 Å². The van der Waals surface area contributed by atoms with Gasteiger partial charge >= 0.3 is 6.09 Å². The summed E-state index contributed by atoms with van der Waals surface area (Å²) >= 11 is 0. The van der Waals surface area contributed by atoms with Gasteiger partial charge in [0.05, 0.1) is 18.8 Å². The number of piperidine rings is 1. The number of hydrogen-bond acceptors (Lipinski definition) is 4. The standard InChI is InChI=1S/C14H24N6O2/c1-3-22-14(21)20-8-5-11(6-9-20)18-13(15)16-10-12-4-7-17-19(12)2/h4,7,11H,3,5-6,8-10H2,1-2H3,(H3,15,16,18). The molecule has 8 heteroatoms. The zero-order valence-corrected chi connectivity index (χ0v) is 13.2. The lowest BCUT2D eigenvalue weighted by Crippen LogP contribution is -2.48. The molecule has 2 rings (SSSR count). The molecule has 1 aromatic heterocycles. The van der Waals surface area contributed by atoms with Gasteiger partial charge in [-0.05, 0) is 25.8 Å². The van der Waals surface area contributed by atoms with E-state index < -0.39 is 0 Å². The number of carbonyl (C=O) groups is 1. The summed E-state index contributed by atoms with van der Waals surface area (Å²) in [5.74, 6) is 0.427. The lowest BCUT2D eigenvalue weighted by atomic mass is 10.1. The Balaban J connectivity index is 1.75. The molecule has 0 atom stereocenters. The molecule has 0 aromatic carbocycles. The highest BCUT2D eigenvalue weighted by Gasteiger charge is 2.23. The predicted octanol–water partition coefficient (Wildman–Crippen LogP) is 0.445. The number of amides is 1. The van der Waals surface area contributed by atoms with Crippen LogP contribution in [0.15, 0.2) is 17.3 Å². The molecule has 22 heavy (non-hydrogen) atoms. The number of guanidine groups is 1. The molecule has 122 valence electrons. The van der Waals surface area contributed by atoms with Gasteiger partial charge in [-0.3, -0.25) is 4.68 Å². The number of ether oxygens (including phenoxy) is 1. The van der Waals surface area contributed by atoms with E-state index in [-0.39, 0.29) is 12.1 Å². The normalized spacial score (nSPS) is 16.6. The Bertz CT molecular complexity index is 519. The number of nitrogens with two attached hydrogens (primary N) is 1. The summed E-state index contributed by atoms with van der Waals surface area (Å²) in [6.45, 7) is 4.06. The first-order valence-corrected chi connectivity index (χ1v) is 7.55. The summed E-state index contributed by atoms with van der Waals surface area (Å²) in [5.41, 5.74) is 6.92. The Morgan fingerprint density at radius 3 is 2.86 bits per heavy atom. The van der Waals surface area contributed by atoms with Crippen molar-refractivity contribution in [1.82, 2.24) is 20.0 Å². The van der Waals surface area contributed by atoms with Crippen LogP contribution in [0.3, 0.4) is 0 Å². The van der Waals surface area contributed by atoms with Crippen LogP contribution in [0, 0.1) is 0 Å². The van der Waals surface area contributed by atoms with Gasteiger partial charge in [0.2, 0.25) is 0 Å². The van der Waals surface area contributed by atoms with Crippen LogP contribution in [-0.4, -0.2) is 52.5 Å². The van der Waals surface area contributed by atoms with Crippen molar-refractivity contribution < 1.29 is 9.53 Å². The molecule has 0 bridgehead atoms. The van der Waals surface area contributed by atoms with Crippen LogP contribution in [0.4, 0.5) is 4.79 Å². The molecule has 1 amide bonds. The lowest BCUT2D eigenvalue weighted by molar-refractivity contribution is 0.0963. The van der Waals surface area contributed by atoms with Gasteiger partial charge in [-0.1, -0.05) is 0 Å². The van der Waals surface area contributed by atoms with E-state index in [1.54, 1.807) is 15.8 Å². The van der Waals surface area contributed by atoms with Crippen molar-refractivity contribution in [2.75, 3.05) is 19.7 Å². The molecule has 8 nitrogen and oxygen atoms in total. The van der Waals surface area contributed by atoms with Crippen molar-refractivity contribution in [2.24, 2.45) is 17.8 Å². The van der Waals surface area contributed by atoms with E-state index in [0.29, 0.717) is 32.2 Å². The molecule has 1 aliphatic rings. The summed E-state index contributed by atoms with van der Waals surface area (Å²) in [6, 6.07) is 2.15. The van der Waals surface area contributed by atoms with E-state index in [0.717, 1.165) is 18.5 Å². The Hall–Kier alpha value is -2.25. The Morgan fingerprint density at radius 1 is 1.55 bits per heavy atom. The third-order valence-electron chi connectivity index (χ3n) is 3.71. The largest absolute Gasteiger partial charge is 0.450 e. The predicted molar refractivity (Wildman–Crippen MR) is 83.3 cm³/mol. The monoisotopic (exact) mass is 308 g/mol. The fraction of sp³-hybridized carbons (Fsp3) is 0.643. The van der Waals surface area contributed by atoms with Gasteiger partial charge < -0.3 is 20.7 Å². The Labute approximate surface area is 130 Å². The lowest BCUT2D eigenvalue weighted by Gasteiger charge is -2.31. The third kappa shape index (κ3) is 4.37. The highest BCUT2D eigenvalue weighted by molar-refractivity contribution is 5.78. The third-order valence-corrected chi connectivity index (χ3v) is 3.71. The molecule has 2 heterocycles. The summed E-state index contributed by atoms with van der Waals surface area (Å²) in [4.78, 5) is 17.7. The number of likely N-dealkylation sites (tertiary alicyclic amines) is 1. The minimum Gasteiger partial charge on any atom is -0.450 e. The number of aryl methyl sites for hydroxylation is 1. The average Bonchev–Trinajstić information content (AvgIpc) is 2.91. The van der Waals surface area contributed by atoms with E-state index >= 15 is 0 Å². The van der Waals surface area contributed by atoms with Gasteiger partial charge in [-0.25, -0.2) is 9.79 Å². The molecule has 0 unspecified atom stereocenters. The molecule has 1 aromatic rings. The second kappa shape index (κ2) is 7.67. The second-order valence-corrected chi connectivity index (χ2v) is 5.25. The van der Waals surface area contributed by atoms with Crippen LogP contribution < -0.4 is 11.1 Å². The Kier molecular flexibility index (Phi) is 5.62. The van der Waals surface area contributed by atoms with Crippen LogP contribution in [0.1, 0.15) is 25.5 Å². The maximum atomic E-state index is 11.6. The molecule has 3 N–H and O–H groups in total. The zero-order chi connectivity index (χ0) is 15.9. The zero-order valence-electron chi connectivity index (χ0n) is 13.2. The number of rotatable bonds is 4. The van der Waals surface area contributed by atoms with Crippen LogP contribution in [0.5, 0.6) is 0 Å². The quantitative estimate of drug-likeness (QED) is 0.621. The highest BCUT2D eigenvalue weighted by atomic mass is 16.6. The van der Waals surface area contributed by atoms with Crippen LogP contribution >= 0.6 is 0 Å². The van der Waals surface area contributed by atoms with E-state index in [1.165, 1.54) is 0 Å². The maximum absolute atomic E-state index is 11.6. The number of nitrogens with one attached hydrogen (secondary N) is 1. The summed E-state index contributed by atoms with van der Waals surface area (Å²) in [6.07, 6.45) is 3.17. The summed E-state index contributed by atoms with van der Waals surface area (Å²) in [5, 5.41) is 7.30. The van der Waals surface area contributed by atoms with Crippen LogP contribution in [-0.2, 0) is 18.3 Å². The fourth-order valence-electron chi connectivity index (χ4n) is 2.40. The molecule has 0 radical (unpaired) electrons. The summed E-state index contributed by atoms with van der Waals surface area (Å²) < 4.78 is 6.77. The van der Waals surface area contributed by atoms with Crippen molar-refractivity contribution in [3.05, 3.63) is 18.0 Å². The molecule has 0 spiro atoms. The first-order valence-electron chi connectivity index (χ1n) is 7.55. The molecule has 1 saturated heterocycles. The van der Waals surface area contributed by atoms with Crippen molar-refractivity contribution in [3.63, 3.8) is 0 Å². The first-order chi connectivity index (χ1) is 10.6. The van der Waals surface area contributed by atoms with Gasteiger partial charge in [-0.15, -0.1) is 0 Å². The number of nitrogens with zero attached hydrogens (tertiary/aromatic N) is 4. The van der Waals surface area contributed by atoms with Gasteiger partial charge in [0.15, 0.2) is 5.96 Å². The molecular formula is C14H24N6O2. The van der Waals surface area contributed by atoms with Crippen LogP contribution in [0.2, 0.25) is 0 Å². The van der Waals surface area contributed by atoms with Crippen molar-refractivity contribution in [3.8, 4) is 0 Å². The van der Waals surface area contributed by atoms with E-state index in [4.69, 9.17) is 10.5 Å². The second-order valence-electron chi connectivity index (χ2n) is 5.25. The van der Waals surface area contributed by atoms with E-state index in [2.05, 4.69) is 15.4 Å². The molecule has 1 aliphatic heterocycles. The van der Waals surface area contributed by atoms with Crippen molar-refractivity contribution in [2.45, 2.75) is 32.4 Å². The van der Waals surface area contributed by atoms with Crippen molar-refractivity contribution in [1.29, 1.82) is 0 Å². The summed E-state index contributed by atoms with van der Waals surface area (Å²) in [7, 11) is 1.87. The van der Waals surface area contributed by atoms with Crippen molar-refractivity contribution >= 4 is 12.1 Å². The van der Waals surface area contributed by atoms with Gasteiger partial charge in [0, 0.05) is 32.4 Å². The molecule has 0 aliphatic carbocycles. The number of aliphatic imine (C=N–C) groups is 1. The topological polar surface area (TPSA) is 97.8 Å². The first kappa shape index (κ1) is 16.1.